The number of rotatable bonds is 52. The molecule has 0 aliphatic heterocycles. The number of allylic oxidation sites excluding steroid dienone is 24. The van der Waals surface area contributed by atoms with Crippen LogP contribution in [0.15, 0.2) is 146 Å². The molecule has 0 saturated heterocycles. The van der Waals surface area contributed by atoms with E-state index >= 15 is 0 Å². The third-order valence-corrected chi connectivity index (χ3v) is 12.0. The van der Waals surface area contributed by atoms with Gasteiger partial charge in [0.1, 0.15) is 13.2 Å². The number of carbonyl (C=O) groups excluding carboxylic acids is 3. The fourth-order valence-electron chi connectivity index (χ4n) is 7.58. The van der Waals surface area contributed by atoms with Gasteiger partial charge in [-0.3, -0.25) is 14.4 Å². The van der Waals surface area contributed by atoms with E-state index in [1.54, 1.807) is 0 Å². The molecule has 0 aromatic heterocycles. The van der Waals surface area contributed by atoms with Crippen molar-refractivity contribution in [3.05, 3.63) is 146 Å². The Balaban J connectivity index is 4.35. The van der Waals surface area contributed by atoms with Crippen molar-refractivity contribution in [3.8, 4) is 0 Å². The van der Waals surface area contributed by atoms with Crippen molar-refractivity contribution in [2.45, 2.75) is 252 Å². The summed E-state index contributed by atoms with van der Waals surface area (Å²) in [5, 5.41) is 0. The van der Waals surface area contributed by atoms with E-state index in [0.717, 1.165) is 167 Å². The fourth-order valence-corrected chi connectivity index (χ4v) is 7.58. The van der Waals surface area contributed by atoms with Crippen LogP contribution in [-0.2, 0) is 28.6 Å². The van der Waals surface area contributed by atoms with Crippen LogP contribution in [0.4, 0.5) is 0 Å². The standard InChI is InChI=1S/C68H108O6/c1-4-7-10-13-16-19-22-24-26-27-28-29-30-31-32-33-34-35-36-37-38-39-40-41-43-44-46-49-52-55-58-61-67(70)73-64-65(63-72-66(69)60-57-54-51-48-21-18-15-12-9-6-3)74-68(71)62-59-56-53-50-47-45-42-25-23-20-17-14-11-8-5-2/h7,10,12,15-17,19-20,24-26,28-29,31-32,34-35,37-38,40-42,44,46,65H,4-6,8-9,11,13-14,18,21-23,27,30,33,36,39,43,45,47-64H2,1-3H3/b10-7-,15-12-,19-16-,20-17-,26-24-,29-28-,32-31-,35-34-,38-37-,41-40-,42-25-,46-44-. The van der Waals surface area contributed by atoms with Crippen LogP contribution in [0, 0.1) is 0 Å². The summed E-state index contributed by atoms with van der Waals surface area (Å²) < 4.78 is 16.8. The van der Waals surface area contributed by atoms with Gasteiger partial charge in [0.25, 0.3) is 0 Å². The van der Waals surface area contributed by atoms with E-state index in [9.17, 15) is 14.4 Å². The molecule has 6 nitrogen and oxygen atoms in total. The van der Waals surface area contributed by atoms with Gasteiger partial charge in [-0.15, -0.1) is 0 Å². The first-order chi connectivity index (χ1) is 36.5. The van der Waals surface area contributed by atoms with Crippen molar-refractivity contribution in [1.29, 1.82) is 0 Å². The fraction of sp³-hybridized carbons (Fsp3) is 0.603. The van der Waals surface area contributed by atoms with E-state index < -0.39 is 6.10 Å². The van der Waals surface area contributed by atoms with Crippen molar-refractivity contribution < 1.29 is 28.6 Å². The quantitative estimate of drug-likeness (QED) is 0.0261. The van der Waals surface area contributed by atoms with Crippen LogP contribution in [-0.4, -0.2) is 37.2 Å². The number of carbonyl (C=O) groups is 3. The van der Waals surface area contributed by atoms with Crippen molar-refractivity contribution >= 4 is 17.9 Å². The average molecular weight is 1020 g/mol. The zero-order valence-electron chi connectivity index (χ0n) is 47.5. The molecule has 0 fully saturated rings. The Kier molecular flexibility index (Phi) is 57.0. The maximum absolute atomic E-state index is 12.8. The molecule has 0 heterocycles. The van der Waals surface area contributed by atoms with Crippen molar-refractivity contribution in [2.24, 2.45) is 0 Å². The number of unbranched alkanes of at least 4 members (excludes halogenated alkanes) is 17. The topological polar surface area (TPSA) is 78.9 Å². The maximum atomic E-state index is 12.8. The minimum Gasteiger partial charge on any atom is -0.462 e. The number of hydrogen-bond acceptors (Lipinski definition) is 6. The summed E-state index contributed by atoms with van der Waals surface area (Å²) in [7, 11) is 0. The molecular formula is C68H108O6. The van der Waals surface area contributed by atoms with E-state index in [1.807, 2.05) is 0 Å². The lowest BCUT2D eigenvalue weighted by Crippen LogP contribution is -2.30. The van der Waals surface area contributed by atoms with Crippen molar-refractivity contribution in [1.82, 2.24) is 0 Å². The second kappa shape index (κ2) is 60.8. The highest BCUT2D eigenvalue weighted by Crippen LogP contribution is 2.13. The van der Waals surface area contributed by atoms with Crippen LogP contribution in [0.25, 0.3) is 0 Å². The first kappa shape index (κ1) is 69.3. The summed E-state index contributed by atoms with van der Waals surface area (Å²) in [6, 6.07) is 0. The monoisotopic (exact) mass is 1020 g/mol. The van der Waals surface area contributed by atoms with Gasteiger partial charge in [0, 0.05) is 19.3 Å². The Hall–Kier alpha value is -4.71. The SMILES string of the molecule is CC/C=C\C/C=C\C/C=C\C/C=C\C/C=C\C/C=C\C/C=C\C/C=C\C/C=C\CCCCCC(=O)OCC(COC(=O)CCCCCCC/C=C\CCC)OC(=O)CCCCCCC/C=C\C/C=C\CCCCC. The van der Waals surface area contributed by atoms with Crippen molar-refractivity contribution in [2.75, 3.05) is 13.2 Å². The summed E-state index contributed by atoms with van der Waals surface area (Å²) in [5.41, 5.74) is 0. The Labute approximate surface area is 455 Å². The lowest BCUT2D eigenvalue weighted by Gasteiger charge is -2.18. The van der Waals surface area contributed by atoms with Gasteiger partial charge in [0.05, 0.1) is 0 Å². The third kappa shape index (κ3) is 58.2. The summed E-state index contributed by atoms with van der Waals surface area (Å²) in [6.45, 7) is 6.37. The zero-order chi connectivity index (χ0) is 53.6. The van der Waals surface area contributed by atoms with E-state index in [4.69, 9.17) is 14.2 Å². The van der Waals surface area contributed by atoms with Gasteiger partial charge in [-0.25, -0.2) is 0 Å². The molecule has 0 aliphatic carbocycles. The van der Waals surface area contributed by atoms with Crippen LogP contribution in [0.2, 0.25) is 0 Å². The predicted molar refractivity (Wildman–Crippen MR) is 320 cm³/mol. The van der Waals surface area contributed by atoms with E-state index in [2.05, 4.69) is 167 Å². The van der Waals surface area contributed by atoms with Crippen LogP contribution < -0.4 is 0 Å². The summed E-state index contributed by atoms with van der Waals surface area (Å²) in [4.78, 5) is 38.1. The van der Waals surface area contributed by atoms with Gasteiger partial charge in [-0.05, 0) is 141 Å². The zero-order valence-corrected chi connectivity index (χ0v) is 47.5. The Morgan fingerprint density at radius 2 is 0.554 bits per heavy atom. The van der Waals surface area contributed by atoms with E-state index in [-0.39, 0.29) is 31.1 Å². The molecule has 0 amide bonds. The maximum Gasteiger partial charge on any atom is 0.306 e. The molecule has 0 saturated carbocycles. The molecule has 0 rings (SSSR count). The Morgan fingerprint density at radius 3 is 0.905 bits per heavy atom. The van der Waals surface area contributed by atoms with Gasteiger partial charge in [0.15, 0.2) is 6.10 Å². The minimum atomic E-state index is -0.808. The van der Waals surface area contributed by atoms with Crippen LogP contribution in [0.3, 0.4) is 0 Å². The molecule has 0 radical (unpaired) electrons. The molecule has 1 atom stereocenters. The largest absolute Gasteiger partial charge is 0.462 e. The molecule has 74 heavy (non-hydrogen) atoms. The first-order valence-electron chi connectivity index (χ1n) is 29.8. The summed E-state index contributed by atoms with van der Waals surface area (Å²) in [6.07, 6.45) is 87.1. The molecule has 0 spiro atoms. The molecule has 0 N–H and O–H groups in total. The third-order valence-electron chi connectivity index (χ3n) is 12.0. The number of hydrogen-bond donors (Lipinski definition) is 0. The van der Waals surface area contributed by atoms with E-state index in [0.29, 0.717) is 19.3 Å². The van der Waals surface area contributed by atoms with Crippen molar-refractivity contribution in [3.63, 3.8) is 0 Å². The van der Waals surface area contributed by atoms with Crippen LogP contribution in [0.1, 0.15) is 245 Å². The highest BCUT2D eigenvalue weighted by atomic mass is 16.6. The van der Waals surface area contributed by atoms with Gasteiger partial charge >= 0.3 is 17.9 Å². The van der Waals surface area contributed by atoms with Gasteiger partial charge in [-0.1, -0.05) is 231 Å². The second-order valence-electron chi connectivity index (χ2n) is 19.2. The predicted octanol–water partition coefficient (Wildman–Crippen LogP) is 20.4. The highest BCUT2D eigenvalue weighted by Gasteiger charge is 2.19. The molecule has 0 aliphatic rings. The Bertz CT molecular complexity index is 1640. The molecule has 0 bridgehead atoms. The normalized spacial score (nSPS) is 13.2. The number of ether oxygens (including phenoxy) is 3. The van der Waals surface area contributed by atoms with E-state index in [1.165, 1.54) is 38.5 Å². The Morgan fingerprint density at radius 1 is 0.284 bits per heavy atom. The summed E-state index contributed by atoms with van der Waals surface area (Å²) >= 11 is 0. The number of esters is 3. The molecule has 416 valence electrons. The average Bonchev–Trinajstić information content (AvgIpc) is 3.40. The summed E-state index contributed by atoms with van der Waals surface area (Å²) in [5.74, 6) is -0.969. The highest BCUT2D eigenvalue weighted by molar-refractivity contribution is 5.71. The van der Waals surface area contributed by atoms with Gasteiger partial charge < -0.3 is 14.2 Å². The smallest absolute Gasteiger partial charge is 0.306 e. The molecule has 0 aromatic carbocycles. The molecule has 1 unspecified atom stereocenters. The molecular weight excluding hydrogens is 913 g/mol. The van der Waals surface area contributed by atoms with Gasteiger partial charge in [-0.2, -0.15) is 0 Å². The minimum absolute atomic E-state index is 0.104. The second-order valence-corrected chi connectivity index (χ2v) is 19.2. The molecule has 6 heteroatoms. The first-order valence-corrected chi connectivity index (χ1v) is 29.8. The lowest BCUT2D eigenvalue weighted by atomic mass is 10.1. The molecule has 0 aromatic rings. The van der Waals surface area contributed by atoms with Crippen LogP contribution in [0.5, 0.6) is 0 Å². The van der Waals surface area contributed by atoms with Crippen LogP contribution >= 0.6 is 0 Å². The van der Waals surface area contributed by atoms with Gasteiger partial charge in [0.2, 0.25) is 0 Å². The lowest BCUT2D eigenvalue weighted by molar-refractivity contribution is -0.167.